The van der Waals surface area contributed by atoms with Crippen molar-refractivity contribution in [2.75, 3.05) is 4.90 Å². The van der Waals surface area contributed by atoms with Crippen LogP contribution in [0.1, 0.15) is 0 Å². The summed E-state index contributed by atoms with van der Waals surface area (Å²) in [5, 5.41) is 2.18. The highest BCUT2D eigenvalue weighted by Crippen LogP contribution is 2.45. The van der Waals surface area contributed by atoms with Crippen LogP contribution >= 0.6 is 0 Å². The molecule has 0 aliphatic heterocycles. The second kappa shape index (κ2) is 11.2. The molecule has 0 saturated carbocycles. The van der Waals surface area contributed by atoms with Crippen LogP contribution in [-0.4, -0.2) is 4.57 Å². The fraction of sp³-hybridized carbons (Fsp3) is 0. The van der Waals surface area contributed by atoms with E-state index in [2.05, 4.69) is 191 Å². The molecule has 0 fully saturated rings. The maximum absolute atomic E-state index is 6.90. The lowest BCUT2D eigenvalue weighted by atomic mass is 10.00. The van der Waals surface area contributed by atoms with E-state index in [0.717, 1.165) is 55.7 Å². The predicted molar refractivity (Wildman–Crippen MR) is 196 cm³/mol. The largest absolute Gasteiger partial charge is 0.451 e. The predicted octanol–water partition coefficient (Wildman–Crippen LogP) is 12.3. The molecule has 3 heteroatoms. The molecule has 7 aromatic carbocycles. The molecule has 0 aliphatic rings. The highest BCUT2D eigenvalue weighted by Gasteiger charge is 2.23. The number of furan rings is 1. The molecule has 0 atom stereocenters. The second-order valence-corrected chi connectivity index (χ2v) is 11.8. The zero-order valence-electron chi connectivity index (χ0n) is 25.6. The molecule has 3 nitrogen and oxygen atoms in total. The summed E-state index contributed by atoms with van der Waals surface area (Å²) < 4.78 is 9.23. The van der Waals surface area contributed by atoms with Gasteiger partial charge in [-0.05, 0) is 82.9 Å². The van der Waals surface area contributed by atoms with Crippen molar-refractivity contribution in [2.45, 2.75) is 0 Å². The summed E-state index contributed by atoms with van der Waals surface area (Å²) in [6.07, 6.45) is 0. The van der Waals surface area contributed by atoms with Gasteiger partial charge in [0.1, 0.15) is 5.52 Å². The second-order valence-electron chi connectivity index (χ2n) is 11.8. The third-order valence-corrected chi connectivity index (χ3v) is 9.00. The van der Waals surface area contributed by atoms with E-state index in [1.165, 1.54) is 22.3 Å². The van der Waals surface area contributed by atoms with Crippen molar-refractivity contribution < 1.29 is 4.42 Å². The van der Waals surface area contributed by atoms with Crippen molar-refractivity contribution in [3.8, 4) is 27.9 Å². The lowest BCUT2D eigenvalue weighted by Crippen LogP contribution is -2.10. The molecule has 0 aliphatic carbocycles. The summed E-state index contributed by atoms with van der Waals surface area (Å²) in [7, 11) is 0. The maximum atomic E-state index is 6.90. The van der Waals surface area contributed by atoms with Crippen LogP contribution in [0.5, 0.6) is 0 Å². The SMILES string of the molecule is c1ccc(-c2ccc(-c3ccc(N(c4ccccc4)c4cccc5c4oc4c6ccccc6n(-c6ccccc6)c54)cc3)cc2)cc1. The van der Waals surface area contributed by atoms with Gasteiger partial charge in [0.15, 0.2) is 11.2 Å². The maximum Gasteiger partial charge on any atom is 0.161 e. The number of nitrogens with zero attached hydrogens (tertiary/aromatic N) is 2. The lowest BCUT2D eigenvalue weighted by molar-refractivity contribution is 0.673. The molecule has 47 heavy (non-hydrogen) atoms. The van der Waals surface area contributed by atoms with Crippen LogP contribution in [0.3, 0.4) is 0 Å². The Morgan fingerprint density at radius 1 is 0.383 bits per heavy atom. The molecular formula is C44H30N2O. The Hall–Kier alpha value is -6.32. The standard InChI is InChI=1S/C44H30N2O/c1-4-13-31(14-5-1)32-23-25-33(26-24-32)34-27-29-37(30-28-34)45(35-15-6-2-7-16-35)41-22-12-20-39-42-44(47-43(39)41)38-19-10-11-21-40(38)46(42)36-17-8-3-9-18-36/h1-30H. The molecule has 0 amide bonds. The first-order valence-corrected chi connectivity index (χ1v) is 15.9. The van der Waals surface area contributed by atoms with E-state index in [-0.39, 0.29) is 0 Å². The summed E-state index contributed by atoms with van der Waals surface area (Å²) in [6, 6.07) is 64.1. The molecule has 9 rings (SSSR count). The van der Waals surface area contributed by atoms with Gasteiger partial charge in [0, 0.05) is 27.8 Å². The Morgan fingerprint density at radius 3 is 1.57 bits per heavy atom. The highest BCUT2D eigenvalue weighted by molar-refractivity contribution is 6.18. The topological polar surface area (TPSA) is 21.3 Å². The Bertz CT molecular complexity index is 2480. The number of rotatable bonds is 6. The van der Waals surface area contributed by atoms with E-state index in [4.69, 9.17) is 4.42 Å². The minimum absolute atomic E-state index is 0.859. The van der Waals surface area contributed by atoms with E-state index in [1.54, 1.807) is 0 Å². The van der Waals surface area contributed by atoms with Crippen molar-refractivity contribution in [2.24, 2.45) is 0 Å². The summed E-state index contributed by atoms with van der Waals surface area (Å²) >= 11 is 0. The quantitative estimate of drug-likeness (QED) is 0.189. The Kier molecular flexibility index (Phi) is 6.46. The minimum atomic E-state index is 0.859. The molecule has 2 heterocycles. The zero-order valence-corrected chi connectivity index (χ0v) is 25.6. The normalized spacial score (nSPS) is 11.4. The van der Waals surface area contributed by atoms with E-state index in [1.807, 2.05) is 0 Å². The number of hydrogen-bond acceptors (Lipinski definition) is 2. The first-order chi connectivity index (χ1) is 23.3. The molecule has 0 unspecified atom stereocenters. The van der Waals surface area contributed by atoms with Crippen molar-refractivity contribution in [1.82, 2.24) is 4.57 Å². The van der Waals surface area contributed by atoms with E-state index >= 15 is 0 Å². The molecule has 0 saturated heterocycles. The highest BCUT2D eigenvalue weighted by atomic mass is 16.3. The fourth-order valence-corrected chi connectivity index (χ4v) is 6.79. The number of fused-ring (bicyclic) bond motifs is 5. The Labute approximate surface area is 273 Å². The molecule has 0 radical (unpaired) electrons. The average Bonchev–Trinajstić information content (AvgIpc) is 3.69. The van der Waals surface area contributed by atoms with Gasteiger partial charge >= 0.3 is 0 Å². The molecule has 0 N–H and O–H groups in total. The van der Waals surface area contributed by atoms with Crippen LogP contribution in [0, 0.1) is 0 Å². The molecule has 0 bridgehead atoms. The van der Waals surface area contributed by atoms with Crippen LogP contribution in [-0.2, 0) is 0 Å². The smallest absolute Gasteiger partial charge is 0.161 e. The number of benzene rings is 7. The van der Waals surface area contributed by atoms with E-state index in [9.17, 15) is 0 Å². The van der Waals surface area contributed by atoms with Crippen molar-refractivity contribution in [3.05, 3.63) is 182 Å². The van der Waals surface area contributed by atoms with Crippen molar-refractivity contribution >= 4 is 50.0 Å². The minimum Gasteiger partial charge on any atom is -0.451 e. The van der Waals surface area contributed by atoms with E-state index < -0.39 is 0 Å². The Morgan fingerprint density at radius 2 is 0.894 bits per heavy atom. The van der Waals surface area contributed by atoms with Crippen LogP contribution in [0.15, 0.2) is 186 Å². The molecule has 2 aromatic heterocycles. The molecular weight excluding hydrogens is 572 g/mol. The summed E-state index contributed by atoms with van der Waals surface area (Å²) in [4.78, 5) is 2.29. The third-order valence-electron chi connectivity index (χ3n) is 9.00. The monoisotopic (exact) mass is 602 g/mol. The van der Waals surface area contributed by atoms with Gasteiger partial charge < -0.3 is 13.9 Å². The van der Waals surface area contributed by atoms with Crippen LogP contribution in [0.25, 0.3) is 60.9 Å². The first-order valence-electron chi connectivity index (χ1n) is 15.9. The summed E-state index contributed by atoms with van der Waals surface area (Å²) in [5.74, 6) is 0. The van der Waals surface area contributed by atoms with Gasteiger partial charge in [-0.15, -0.1) is 0 Å². The lowest BCUT2D eigenvalue weighted by Gasteiger charge is -2.25. The summed E-state index contributed by atoms with van der Waals surface area (Å²) in [6.45, 7) is 0. The average molecular weight is 603 g/mol. The molecule has 0 spiro atoms. The van der Waals surface area contributed by atoms with Crippen LogP contribution < -0.4 is 4.90 Å². The third kappa shape index (κ3) is 4.60. The van der Waals surface area contributed by atoms with Gasteiger partial charge in [-0.1, -0.05) is 121 Å². The van der Waals surface area contributed by atoms with Crippen molar-refractivity contribution in [3.63, 3.8) is 0 Å². The fourth-order valence-electron chi connectivity index (χ4n) is 6.79. The number of hydrogen-bond donors (Lipinski definition) is 0. The van der Waals surface area contributed by atoms with Crippen LogP contribution in [0.2, 0.25) is 0 Å². The molecule has 9 aromatic rings. The van der Waals surface area contributed by atoms with E-state index in [0.29, 0.717) is 0 Å². The van der Waals surface area contributed by atoms with Gasteiger partial charge in [-0.2, -0.15) is 0 Å². The Balaban J connectivity index is 1.18. The van der Waals surface area contributed by atoms with Crippen molar-refractivity contribution in [1.29, 1.82) is 0 Å². The number of aromatic nitrogens is 1. The number of anilines is 3. The summed E-state index contributed by atoms with van der Waals surface area (Å²) in [5.41, 5.74) is 13.0. The van der Waals surface area contributed by atoms with Gasteiger partial charge in [0.2, 0.25) is 0 Å². The van der Waals surface area contributed by atoms with Gasteiger partial charge in [-0.25, -0.2) is 0 Å². The molecule has 222 valence electrons. The van der Waals surface area contributed by atoms with Gasteiger partial charge in [0.05, 0.1) is 11.2 Å². The van der Waals surface area contributed by atoms with Gasteiger partial charge in [-0.3, -0.25) is 0 Å². The van der Waals surface area contributed by atoms with Gasteiger partial charge in [0.25, 0.3) is 0 Å². The zero-order chi connectivity index (χ0) is 31.2. The number of para-hydroxylation sites is 4. The first kappa shape index (κ1) is 27.0. The van der Waals surface area contributed by atoms with Crippen LogP contribution in [0.4, 0.5) is 17.1 Å².